The predicted octanol–water partition coefficient (Wildman–Crippen LogP) is 1.68. The number of nitrogens with zero attached hydrogens (tertiary/aromatic N) is 1. The highest BCUT2D eigenvalue weighted by Gasteiger charge is 2.06. The summed E-state index contributed by atoms with van der Waals surface area (Å²) in [5, 5.41) is 10.4. The molecule has 17 heavy (non-hydrogen) atoms. The van der Waals surface area contributed by atoms with Gasteiger partial charge in [0, 0.05) is 19.5 Å². The molecule has 2 aromatic rings. The Morgan fingerprint density at radius 3 is 2.94 bits per heavy atom. The molecule has 0 amide bonds. The standard InChI is InChI=1S/C13H18N4/c1-10-4-2-3-5-11(10)8-12-13(9-16-17-12)15-7-6-14/h2-5,9,15H,6-8,14H2,1H3,(H,16,17). The van der Waals surface area contributed by atoms with Gasteiger partial charge in [-0.05, 0) is 18.1 Å². The Labute approximate surface area is 101 Å². The molecule has 0 bridgehead atoms. The van der Waals surface area contributed by atoms with Crippen LogP contribution < -0.4 is 11.1 Å². The van der Waals surface area contributed by atoms with Gasteiger partial charge in [0.15, 0.2) is 0 Å². The van der Waals surface area contributed by atoms with Crippen LogP contribution >= 0.6 is 0 Å². The van der Waals surface area contributed by atoms with E-state index in [1.54, 1.807) is 0 Å². The minimum atomic E-state index is 0.620. The predicted molar refractivity (Wildman–Crippen MR) is 70.1 cm³/mol. The van der Waals surface area contributed by atoms with Gasteiger partial charge >= 0.3 is 0 Å². The van der Waals surface area contributed by atoms with Crippen LogP contribution in [-0.2, 0) is 6.42 Å². The van der Waals surface area contributed by atoms with Crippen LogP contribution in [0.1, 0.15) is 16.8 Å². The van der Waals surface area contributed by atoms with Crippen LogP contribution in [0.5, 0.6) is 0 Å². The highest BCUT2D eigenvalue weighted by Crippen LogP contribution is 2.18. The molecular weight excluding hydrogens is 212 g/mol. The first-order valence-electron chi connectivity index (χ1n) is 5.82. The van der Waals surface area contributed by atoms with Crippen molar-refractivity contribution in [1.82, 2.24) is 10.2 Å². The number of nitrogens with one attached hydrogen (secondary N) is 2. The van der Waals surface area contributed by atoms with Crippen LogP contribution in [0.2, 0.25) is 0 Å². The summed E-state index contributed by atoms with van der Waals surface area (Å²) < 4.78 is 0. The highest BCUT2D eigenvalue weighted by atomic mass is 15.1. The van der Waals surface area contributed by atoms with Crippen molar-refractivity contribution in [2.75, 3.05) is 18.4 Å². The van der Waals surface area contributed by atoms with E-state index in [1.807, 2.05) is 6.20 Å². The zero-order valence-corrected chi connectivity index (χ0v) is 10.0. The van der Waals surface area contributed by atoms with Crippen molar-refractivity contribution in [3.8, 4) is 0 Å². The van der Waals surface area contributed by atoms with Crippen LogP contribution in [0.3, 0.4) is 0 Å². The van der Waals surface area contributed by atoms with Crippen molar-refractivity contribution in [1.29, 1.82) is 0 Å². The van der Waals surface area contributed by atoms with Gasteiger partial charge in [0.2, 0.25) is 0 Å². The third-order valence-electron chi connectivity index (χ3n) is 2.81. The summed E-state index contributed by atoms with van der Waals surface area (Å²) in [6.07, 6.45) is 2.67. The maximum Gasteiger partial charge on any atom is 0.0760 e. The second-order valence-electron chi connectivity index (χ2n) is 4.08. The molecule has 4 heteroatoms. The zero-order chi connectivity index (χ0) is 12.1. The molecule has 1 aromatic heterocycles. The Kier molecular flexibility index (Phi) is 3.77. The van der Waals surface area contributed by atoms with Crippen LogP contribution in [0.25, 0.3) is 0 Å². The van der Waals surface area contributed by atoms with Crippen LogP contribution in [0, 0.1) is 6.92 Å². The number of hydrogen-bond acceptors (Lipinski definition) is 3. The topological polar surface area (TPSA) is 66.7 Å². The summed E-state index contributed by atoms with van der Waals surface area (Å²) in [7, 11) is 0. The van der Waals surface area contributed by atoms with E-state index in [2.05, 4.69) is 46.7 Å². The monoisotopic (exact) mass is 230 g/mol. The third-order valence-corrected chi connectivity index (χ3v) is 2.81. The summed E-state index contributed by atoms with van der Waals surface area (Å²) >= 11 is 0. The van der Waals surface area contributed by atoms with Gasteiger partial charge in [-0.1, -0.05) is 24.3 Å². The number of benzene rings is 1. The molecular formula is C13H18N4. The van der Waals surface area contributed by atoms with Crippen molar-refractivity contribution in [2.24, 2.45) is 5.73 Å². The molecule has 4 N–H and O–H groups in total. The Morgan fingerprint density at radius 2 is 2.18 bits per heavy atom. The molecule has 0 aliphatic heterocycles. The molecule has 0 spiro atoms. The van der Waals surface area contributed by atoms with Gasteiger partial charge in [0.25, 0.3) is 0 Å². The molecule has 0 aliphatic rings. The Hall–Kier alpha value is -1.81. The van der Waals surface area contributed by atoms with E-state index in [4.69, 9.17) is 5.73 Å². The van der Waals surface area contributed by atoms with Crippen molar-refractivity contribution in [2.45, 2.75) is 13.3 Å². The molecule has 4 nitrogen and oxygen atoms in total. The van der Waals surface area contributed by atoms with Gasteiger partial charge in [-0.2, -0.15) is 5.10 Å². The molecule has 90 valence electrons. The minimum absolute atomic E-state index is 0.620. The average Bonchev–Trinajstić information content (AvgIpc) is 2.77. The lowest BCUT2D eigenvalue weighted by Crippen LogP contribution is -2.13. The summed E-state index contributed by atoms with van der Waals surface area (Å²) in [4.78, 5) is 0. The number of anilines is 1. The lowest BCUT2D eigenvalue weighted by molar-refractivity contribution is 0.982. The smallest absolute Gasteiger partial charge is 0.0760 e. The van der Waals surface area contributed by atoms with Crippen molar-refractivity contribution >= 4 is 5.69 Å². The molecule has 0 unspecified atom stereocenters. The first-order valence-corrected chi connectivity index (χ1v) is 5.82. The molecule has 0 radical (unpaired) electrons. The van der Waals surface area contributed by atoms with Gasteiger partial charge in [-0.3, -0.25) is 5.10 Å². The second-order valence-corrected chi connectivity index (χ2v) is 4.08. The van der Waals surface area contributed by atoms with Gasteiger partial charge in [0.1, 0.15) is 0 Å². The van der Waals surface area contributed by atoms with E-state index in [9.17, 15) is 0 Å². The van der Waals surface area contributed by atoms with Gasteiger partial charge in [-0.25, -0.2) is 0 Å². The summed E-state index contributed by atoms with van der Waals surface area (Å²) in [6, 6.07) is 8.38. The van der Waals surface area contributed by atoms with E-state index in [1.165, 1.54) is 11.1 Å². The molecule has 2 rings (SSSR count). The number of aryl methyl sites for hydroxylation is 1. The number of rotatable bonds is 5. The van der Waals surface area contributed by atoms with Crippen molar-refractivity contribution < 1.29 is 0 Å². The first kappa shape index (κ1) is 11.7. The largest absolute Gasteiger partial charge is 0.381 e. The normalized spacial score (nSPS) is 10.5. The summed E-state index contributed by atoms with van der Waals surface area (Å²) in [5.41, 5.74) is 10.2. The Morgan fingerprint density at radius 1 is 1.35 bits per heavy atom. The maximum absolute atomic E-state index is 5.48. The van der Waals surface area contributed by atoms with E-state index in [0.717, 1.165) is 24.3 Å². The van der Waals surface area contributed by atoms with E-state index in [-0.39, 0.29) is 0 Å². The van der Waals surface area contributed by atoms with Crippen molar-refractivity contribution in [3.05, 3.63) is 47.3 Å². The lowest BCUT2D eigenvalue weighted by Gasteiger charge is -2.07. The van der Waals surface area contributed by atoms with Gasteiger partial charge < -0.3 is 11.1 Å². The number of nitrogens with two attached hydrogens (primary N) is 1. The first-order chi connectivity index (χ1) is 8.31. The number of aromatic amines is 1. The Bertz CT molecular complexity index is 476. The average molecular weight is 230 g/mol. The van der Waals surface area contributed by atoms with Gasteiger partial charge in [0.05, 0.1) is 17.6 Å². The third kappa shape index (κ3) is 2.85. The van der Waals surface area contributed by atoms with Crippen LogP contribution in [0.4, 0.5) is 5.69 Å². The highest BCUT2D eigenvalue weighted by molar-refractivity contribution is 5.48. The fourth-order valence-corrected chi connectivity index (χ4v) is 1.81. The van der Waals surface area contributed by atoms with Crippen molar-refractivity contribution in [3.63, 3.8) is 0 Å². The fourth-order valence-electron chi connectivity index (χ4n) is 1.81. The van der Waals surface area contributed by atoms with Crippen LogP contribution in [-0.4, -0.2) is 23.3 Å². The van der Waals surface area contributed by atoms with E-state index >= 15 is 0 Å². The number of H-pyrrole nitrogens is 1. The molecule has 0 atom stereocenters. The van der Waals surface area contributed by atoms with Gasteiger partial charge in [-0.15, -0.1) is 0 Å². The lowest BCUT2D eigenvalue weighted by atomic mass is 10.0. The maximum atomic E-state index is 5.48. The van der Waals surface area contributed by atoms with E-state index in [0.29, 0.717) is 6.54 Å². The number of aromatic nitrogens is 2. The Balaban J connectivity index is 2.13. The molecule has 0 saturated carbocycles. The van der Waals surface area contributed by atoms with E-state index < -0.39 is 0 Å². The number of hydrogen-bond donors (Lipinski definition) is 3. The zero-order valence-electron chi connectivity index (χ0n) is 10.0. The summed E-state index contributed by atoms with van der Waals surface area (Å²) in [5.74, 6) is 0. The molecule has 0 fully saturated rings. The molecule has 1 heterocycles. The fraction of sp³-hybridized carbons (Fsp3) is 0.308. The SMILES string of the molecule is Cc1ccccc1Cc1[nH]ncc1NCCN. The minimum Gasteiger partial charge on any atom is -0.381 e. The molecule has 0 aliphatic carbocycles. The molecule has 0 saturated heterocycles. The second kappa shape index (κ2) is 5.50. The summed E-state index contributed by atoms with van der Waals surface area (Å²) in [6.45, 7) is 3.51. The molecule has 1 aromatic carbocycles. The quantitative estimate of drug-likeness (QED) is 0.732. The van der Waals surface area contributed by atoms with Crippen LogP contribution in [0.15, 0.2) is 30.5 Å².